The molecule has 226 valence electrons. The molecule has 0 amide bonds. The minimum Gasteiger partial charge on any atom is -0.480 e. The van der Waals surface area contributed by atoms with Gasteiger partial charge in [0.15, 0.2) is 0 Å². The molecule has 1 saturated carbocycles. The van der Waals surface area contributed by atoms with E-state index in [0.717, 1.165) is 19.1 Å². The Bertz CT molecular complexity index is 1430. The molecule has 0 radical (unpaired) electrons. The molecule has 2 saturated heterocycles. The molecular weight excluding hydrogens is 568 g/mol. The van der Waals surface area contributed by atoms with Crippen molar-refractivity contribution < 1.29 is 62.3 Å². The summed E-state index contributed by atoms with van der Waals surface area (Å²) in [6, 6.07) is 0. The van der Waals surface area contributed by atoms with Gasteiger partial charge in [0.25, 0.3) is 17.5 Å². The number of hydrogen-bond acceptors (Lipinski definition) is 13. The van der Waals surface area contributed by atoms with Crippen molar-refractivity contribution in [1.29, 1.82) is 0 Å². The maximum absolute atomic E-state index is 12.7. The van der Waals surface area contributed by atoms with Crippen molar-refractivity contribution in [2.75, 3.05) is 0 Å². The van der Waals surface area contributed by atoms with Gasteiger partial charge in [0.05, 0.1) is 0 Å². The number of carbonyl (C=O) groups is 6. The smallest absolute Gasteiger partial charge is 0.349 e. The number of esters is 5. The number of hydrogen-bond donors (Lipinski definition) is 1. The number of carbonyl (C=O) groups excluding carboxylic acids is 6. The van der Waals surface area contributed by atoms with Crippen LogP contribution in [0.1, 0.15) is 46.5 Å². The maximum atomic E-state index is 12.7. The Morgan fingerprint density at radius 3 is 1.49 bits per heavy atom. The second kappa shape index (κ2) is 12.0. The first-order valence-electron chi connectivity index (χ1n) is 13.2. The van der Waals surface area contributed by atoms with Gasteiger partial charge in [0, 0.05) is 39.5 Å². The monoisotopic (exact) mass is 596 g/mol. The molecule has 3 aliphatic heterocycles. The highest BCUT2D eigenvalue weighted by molar-refractivity contribution is 6.16. The molecule has 43 heavy (non-hydrogen) atoms. The molecular formula is C30H28O13. The molecule has 4 aliphatic rings. The number of aliphatic hydroxyl groups excluding tert-OH is 1. The Morgan fingerprint density at radius 1 is 0.651 bits per heavy atom. The molecule has 3 heterocycles. The lowest BCUT2D eigenvalue weighted by atomic mass is 9.87. The van der Waals surface area contributed by atoms with Crippen LogP contribution < -0.4 is 0 Å². The summed E-state index contributed by atoms with van der Waals surface area (Å²) in [5, 5.41) is 9.98. The normalized spacial score (nSPS) is 29.7. The topological polar surface area (TPSA) is 178 Å². The summed E-state index contributed by atoms with van der Waals surface area (Å²) in [7, 11) is 0. The van der Waals surface area contributed by atoms with Crippen LogP contribution in [0.3, 0.4) is 0 Å². The number of aliphatic hydroxyl groups is 1. The van der Waals surface area contributed by atoms with E-state index in [1.807, 2.05) is 6.92 Å². The summed E-state index contributed by atoms with van der Waals surface area (Å²) < 4.78 is 31.7. The van der Waals surface area contributed by atoms with E-state index in [1.165, 1.54) is 37.3 Å². The second-order valence-electron chi connectivity index (χ2n) is 9.91. The van der Waals surface area contributed by atoms with Crippen LogP contribution in [0, 0.1) is 0 Å². The molecule has 0 aromatic heterocycles. The first-order chi connectivity index (χ1) is 20.3. The van der Waals surface area contributed by atoms with E-state index in [-0.39, 0.29) is 36.8 Å². The molecule has 4 rings (SSSR count). The molecule has 2 spiro atoms. The van der Waals surface area contributed by atoms with Gasteiger partial charge in [0.2, 0.25) is 5.78 Å². The van der Waals surface area contributed by atoms with Crippen molar-refractivity contribution in [3.63, 3.8) is 0 Å². The molecule has 1 unspecified atom stereocenters. The van der Waals surface area contributed by atoms with E-state index in [9.17, 15) is 33.9 Å². The molecule has 13 heteroatoms. The summed E-state index contributed by atoms with van der Waals surface area (Å²) in [5.41, 5.74) is -1.03. The van der Waals surface area contributed by atoms with Gasteiger partial charge in [-0.2, -0.15) is 0 Å². The summed E-state index contributed by atoms with van der Waals surface area (Å²) in [5.74, 6) is -11.2. The predicted molar refractivity (Wildman–Crippen MR) is 143 cm³/mol. The first kappa shape index (κ1) is 30.8. The average Bonchev–Trinajstić information content (AvgIpc) is 2.92. The van der Waals surface area contributed by atoms with Crippen LogP contribution in [0.2, 0.25) is 0 Å². The van der Waals surface area contributed by atoms with E-state index >= 15 is 0 Å². The fourth-order valence-electron chi connectivity index (χ4n) is 4.35. The van der Waals surface area contributed by atoms with Crippen LogP contribution in [0.25, 0.3) is 0 Å². The summed E-state index contributed by atoms with van der Waals surface area (Å²) >= 11 is 0. The molecule has 0 aromatic rings. The van der Waals surface area contributed by atoms with Gasteiger partial charge >= 0.3 is 35.6 Å². The molecule has 13 nitrogen and oxygen atoms in total. The minimum atomic E-state index is -1.94. The number of rotatable bonds is 6. The van der Waals surface area contributed by atoms with Crippen LogP contribution in [0.15, 0.2) is 83.4 Å². The van der Waals surface area contributed by atoms with Crippen molar-refractivity contribution in [3.05, 3.63) is 83.4 Å². The molecule has 1 aliphatic carbocycles. The van der Waals surface area contributed by atoms with E-state index < -0.39 is 64.5 Å². The van der Waals surface area contributed by atoms with Crippen molar-refractivity contribution in [3.8, 4) is 0 Å². The standard InChI is InChI=1S/C30H28O13/c1-4-5-6-8-11-20-24(34)40-29(41-25(20)35)14-16-30(17-15-29)42-26(36)21(27(37)43-30)13-10-7-9-12-19-22(32)38-28(3,18(2)31)39-23(19)33/h4-13,32H,14-17H2,1-3H3. The average molecular weight is 597 g/mol. The number of Topliss-reactive ketones (excluding diaryl/α,β-unsaturated/α-hetero) is 1. The van der Waals surface area contributed by atoms with Gasteiger partial charge in [-0.05, 0) is 25.2 Å². The third-order valence-corrected chi connectivity index (χ3v) is 6.86. The zero-order valence-electron chi connectivity index (χ0n) is 23.4. The molecule has 3 fully saturated rings. The van der Waals surface area contributed by atoms with Gasteiger partial charge in [-0.15, -0.1) is 0 Å². The van der Waals surface area contributed by atoms with Gasteiger partial charge in [-0.1, -0.05) is 42.5 Å². The van der Waals surface area contributed by atoms with E-state index in [0.29, 0.717) is 0 Å². The summed E-state index contributed by atoms with van der Waals surface area (Å²) in [6.45, 7) is 4.13. The lowest BCUT2D eigenvalue weighted by molar-refractivity contribution is -0.291. The van der Waals surface area contributed by atoms with E-state index in [4.69, 9.17) is 28.4 Å². The molecule has 0 bridgehead atoms. The SMILES string of the molecule is CC=CC=CC=C1C(=O)OC2(CCC3(CC2)OC(=O)C(=CC=CC=CC2=C(O)OC(C)(C(C)=O)OC2=O)C(=O)O3)OC1=O. The Morgan fingerprint density at radius 2 is 1.09 bits per heavy atom. The number of ether oxygens (including phenoxy) is 6. The highest BCUT2D eigenvalue weighted by Gasteiger charge is 2.56. The number of cyclic esters (lactones) is 1. The minimum absolute atomic E-state index is 0.0725. The van der Waals surface area contributed by atoms with Crippen LogP contribution in [0.4, 0.5) is 0 Å². The molecule has 1 N–H and O–H groups in total. The number of ketones is 1. The van der Waals surface area contributed by atoms with Crippen LogP contribution in [-0.2, 0) is 57.2 Å². The lowest BCUT2D eigenvalue weighted by Crippen LogP contribution is -2.56. The maximum Gasteiger partial charge on any atom is 0.349 e. The Kier molecular flexibility index (Phi) is 8.55. The highest BCUT2D eigenvalue weighted by Crippen LogP contribution is 2.45. The molecule has 0 aromatic carbocycles. The van der Waals surface area contributed by atoms with Crippen molar-refractivity contribution in [2.24, 2.45) is 0 Å². The zero-order chi connectivity index (χ0) is 31.4. The Hall–Kier alpha value is -5.20. The Labute approximate surface area is 245 Å². The Balaban J connectivity index is 1.36. The van der Waals surface area contributed by atoms with Crippen molar-refractivity contribution in [2.45, 2.75) is 63.8 Å². The van der Waals surface area contributed by atoms with E-state index in [1.54, 1.807) is 18.2 Å². The quantitative estimate of drug-likeness (QED) is 0.156. The van der Waals surface area contributed by atoms with Crippen molar-refractivity contribution in [1.82, 2.24) is 0 Å². The van der Waals surface area contributed by atoms with Crippen LogP contribution >= 0.6 is 0 Å². The van der Waals surface area contributed by atoms with Crippen molar-refractivity contribution >= 4 is 35.6 Å². The second-order valence-corrected chi connectivity index (χ2v) is 9.91. The first-order valence-corrected chi connectivity index (χ1v) is 13.2. The largest absolute Gasteiger partial charge is 0.480 e. The van der Waals surface area contributed by atoms with Gasteiger partial charge < -0.3 is 33.5 Å². The van der Waals surface area contributed by atoms with E-state index in [2.05, 4.69) is 0 Å². The highest BCUT2D eigenvalue weighted by atomic mass is 16.8. The zero-order valence-corrected chi connectivity index (χ0v) is 23.4. The number of allylic oxidation sites excluding steroid dienone is 9. The predicted octanol–water partition coefficient (Wildman–Crippen LogP) is 2.90. The third-order valence-electron chi connectivity index (χ3n) is 6.86. The molecule has 1 atom stereocenters. The van der Waals surface area contributed by atoms with Gasteiger partial charge in [0.1, 0.15) is 16.7 Å². The van der Waals surface area contributed by atoms with Gasteiger partial charge in [-0.25, -0.2) is 24.0 Å². The summed E-state index contributed by atoms with van der Waals surface area (Å²) in [4.78, 5) is 74.0. The fourth-order valence-corrected chi connectivity index (χ4v) is 4.35. The summed E-state index contributed by atoms with van der Waals surface area (Å²) in [6.07, 6.45) is 13.8. The van der Waals surface area contributed by atoms with Crippen LogP contribution in [0.5, 0.6) is 0 Å². The fraction of sp³-hybridized carbons (Fsp3) is 0.333. The third kappa shape index (κ3) is 6.50. The van der Waals surface area contributed by atoms with Gasteiger partial charge in [-0.3, -0.25) is 4.79 Å². The lowest BCUT2D eigenvalue weighted by Gasteiger charge is -2.45. The van der Waals surface area contributed by atoms with Crippen LogP contribution in [-0.4, -0.2) is 58.1 Å².